The van der Waals surface area contributed by atoms with Gasteiger partial charge in [-0.2, -0.15) is 0 Å². The number of fused-ring (bicyclic) bond motifs is 1. The molecule has 13 heavy (non-hydrogen) atoms. The zero-order valence-corrected chi connectivity index (χ0v) is 8.14. The average molecular weight is 186 g/mol. The van der Waals surface area contributed by atoms with Crippen molar-refractivity contribution in [1.82, 2.24) is 0 Å². The molecule has 0 heterocycles. The Bertz CT molecular complexity index is 214. The van der Waals surface area contributed by atoms with Crippen LogP contribution in [-0.2, 0) is 0 Å². The van der Waals surface area contributed by atoms with E-state index < -0.39 is 17.8 Å². The van der Waals surface area contributed by atoms with Gasteiger partial charge in [-0.1, -0.05) is 6.92 Å². The van der Waals surface area contributed by atoms with Crippen molar-refractivity contribution in [3.63, 3.8) is 0 Å². The van der Waals surface area contributed by atoms with Crippen LogP contribution in [0.1, 0.15) is 26.7 Å². The molecule has 0 aromatic carbocycles. The van der Waals surface area contributed by atoms with Crippen LogP contribution < -0.4 is 0 Å². The largest absolute Gasteiger partial charge is 0.390 e. The molecule has 3 N–H and O–H groups in total. The van der Waals surface area contributed by atoms with Crippen LogP contribution in [0.2, 0.25) is 0 Å². The van der Waals surface area contributed by atoms with Gasteiger partial charge in [0, 0.05) is 5.92 Å². The fourth-order valence-corrected chi connectivity index (χ4v) is 3.25. The summed E-state index contributed by atoms with van der Waals surface area (Å²) in [4.78, 5) is 0. The Balaban J connectivity index is 2.27. The van der Waals surface area contributed by atoms with Crippen molar-refractivity contribution in [1.29, 1.82) is 0 Å². The molecule has 6 atom stereocenters. The standard InChI is InChI=1S/C10H18O3/c1-5-6-3-4-10(2,13)7(6)9(12)8(5)11/h5-9,11-13H,3-4H2,1-2H3/t5-,6-,7-,8+,9-,10-/m1/s1. The third kappa shape index (κ3) is 1.14. The minimum absolute atomic E-state index is 0.119. The minimum atomic E-state index is -0.782. The predicted molar refractivity (Wildman–Crippen MR) is 48.0 cm³/mol. The van der Waals surface area contributed by atoms with Crippen molar-refractivity contribution in [3.05, 3.63) is 0 Å². The van der Waals surface area contributed by atoms with Gasteiger partial charge in [-0.3, -0.25) is 0 Å². The summed E-state index contributed by atoms with van der Waals surface area (Å²) in [5.74, 6) is 0.284. The highest BCUT2D eigenvalue weighted by Crippen LogP contribution is 2.52. The van der Waals surface area contributed by atoms with E-state index in [1.807, 2.05) is 6.92 Å². The van der Waals surface area contributed by atoms with Gasteiger partial charge < -0.3 is 15.3 Å². The quantitative estimate of drug-likeness (QED) is 0.504. The summed E-state index contributed by atoms with van der Waals surface area (Å²) >= 11 is 0. The minimum Gasteiger partial charge on any atom is -0.390 e. The lowest BCUT2D eigenvalue weighted by Crippen LogP contribution is -2.39. The van der Waals surface area contributed by atoms with E-state index in [1.54, 1.807) is 6.92 Å². The SMILES string of the molecule is C[C@H]1[C@H](O)[C@H](O)[C@H]2[C@@H]1CC[C@@]2(C)O. The summed E-state index contributed by atoms with van der Waals surface area (Å²) < 4.78 is 0. The smallest absolute Gasteiger partial charge is 0.0860 e. The van der Waals surface area contributed by atoms with Gasteiger partial charge in [-0.05, 0) is 31.6 Å². The highest BCUT2D eigenvalue weighted by molar-refractivity contribution is 5.07. The maximum absolute atomic E-state index is 10.00. The second kappa shape index (κ2) is 2.69. The Morgan fingerprint density at radius 1 is 1.23 bits per heavy atom. The summed E-state index contributed by atoms with van der Waals surface area (Å²) in [6.45, 7) is 3.73. The Morgan fingerprint density at radius 2 is 1.85 bits per heavy atom. The molecule has 0 radical (unpaired) electrons. The van der Waals surface area contributed by atoms with E-state index in [-0.39, 0.29) is 11.8 Å². The van der Waals surface area contributed by atoms with Crippen molar-refractivity contribution in [2.24, 2.45) is 17.8 Å². The monoisotopic (exact) mass is 186 g/mol. The van der Waals surface area contributed by atoms with Gasteiger partial charge >= 0.3 is 0 Å². The fourth-order valence-electron chi connectivity index (χ4n) is 3.25. The molecule has 0 spiro atoms. The van der Waals surface area contributed by atoms with Crippen molar-refractivity contribution in [3.8, 4) is 0 Å². The van der Waals surface area contributed by atoms with E-state index in [9.17, 15) is 15.3 Å². The molecule has 0 saturated heterocycles. The molecule has 0 aromatic rings. The van der Waals surface area contributed by atoms with E-state index in [0.717, 1.165) is 12.8 Å². The number of aliphatic hydroxyl groups excluding tert-OH is 2. The van der Waals surface area contributed by atoms with Gasteiger partial charge in [0.2, 0.25) is 0 Å². The first kappa shape index (κ1) is 9.44. The van der Waals surface area contributed by atoms with Gasteiger partial charge in [0.15, 0.2) is 0 Å². The van der Waals surface area contributed by atoms with Crippen molar-refractivity contribution < 1.29 is 15.3 Å². The Morgan fingerprint density at radius 3 is 2.38 bits per heavy atom. The van der Waals surface area contributed by atoms with Gasteiger partial charge in [0.1, 0.15) is 0 Å². The van der Waals surface area contributed by atoms with Crippen molar-refractivity contribution in [2.75, 3.05) is 0 Å². The van der Waals surface area contributed by atoms with Gasteiger partial charge in [-0.15, -0.1) is 0 Å². The summed E-state index contributed by atoms with van der Waals surface area (Å²) in [5.41, 5.74) is -0.782. The fraction of sp³-hybridized carbons (Fsp3) is 1.00. The average Bonchev–Trinajstić information content (AvgIpc) is 2.46. The van der Waals surface area contributed by atoms with Gasteiger partial charge in [0.25, 0.3) is 0 Å². The summed E-state index contributed by atoms with van der Waals surface area (Å²) in [7, 11) is 0. The summed E-state index contributed by atoms with van der Waals surface area (Å²) in [5, 5.41) is 29.4. The normalized spacial score (nSPS) is 61.2. The molecule has 0 unspecified atom stereocenters. The lowest BCUT2D eigenvalue weighted by atomic mass is 9.86. The van der Waals surface area contributed by atoms with E-state index in [0.29, 0.717) is 5.92 Å². The van der Waals surface area contributed by atoms with E-state index in [4.69, 9.17) is 0 Å². The Labute approximate surface area is 78.4 Å². The van der Waals surface area contributed by atoms with Crippen molar-refractivity contribution in [2.45, 2.75) is 44.5 Å². The highest BCUT2D eigenvalue weighted by Gasteiger charge is 2.57. The van der Waals surface area contributed by atoms with Crippen LogP contribution in [0.3, 0.4) is 0 Å². The number of hydrogen-bond donors (Lipinski definition) is 3. The first-order chi connectivity index (χ1) is 5.95. The van der Waals surface area contributed by atoms with Crippen LogP contribution in [0.25, 0.3) is 0 Å². The third-order valence-electron chi connectivity index (χ3n) is 4.10. The Hall–Kier alpha value is -0.120. The topological polar surface area (TPSA) is 60.7 Å². The van der Waals surface area contributed by atoms with Gasteiger partial charge in [0.05, 0.1) is 17.8 Å². The number of rotatable bonds is 0. The number of hydrogen-bond acceptors (Lipinski definition) is 3. The first-order valence-corrected chi connectivity index (χ1v) is 5.03. The zero-order valence-electron chi connectivity index (χ0n) is 8.14. The molecule has 0 bridgehead atoms. The van der Waals surface area contributed by atoms with Crippen LogP contribution in [0.5, 0.6) is 0 Å². The molecule has 2 saturated carbocycles. The third-order valence-corrected chi connectivity index (χ3v) is 4.10. The molecule has 0 aliphatic heterocycles. The van der Waals surface area contributed by atoms with E-state index in [1.165, 1.54) is 0 Å². The molecular formula is C10H18O3. The molecule has 2 rings (SSSR count). The van der Waals surface area contributed by atoms with Crippen LogP contribution in [0, 0.1) is 17.8 Å². The summed E-state index contributed by atoms with van der Waals surface area (Å²) in [6, 6.07) is 0. The van der Waals surface area contributed by atoms with Crippen molar-refractivity contribution >= 4 is 0 Å². The Kier molecular flexibility index (Phi) is 1.95. The van der Waals surface area contributed by atoms with Crippen LogP contribution in [-0.4, -0.2) is 33.1 Å². The molecule has 3 heteroatoms. The van der Waals surface area contributed by atoms with Crippen LogP contribution >= 0.6 is 0 Å². The summed E-state index contributed by atoms with van der Waals surface area (Å²) in [6.07, 6.45) is 0.280. The maximum atomic E-state index is 10.00. The molecule has 0 amide bonds. The molecule has 2 aliphatic rings. The first-order valence-electron chi connectivity index (χ1n) is 5.03. The van der Waals surface area contributed by atoms with Gasteiger partial charge in [-0.25, -0.2) is 0 Å². The second-order valence-electron chi connectivity index (χ2n) is 4.93. The lowest BCUT2D eigenvalue weighted by molar-refractivity contribution is -0.0636. The number of aliphatic hydroxyl groups is 3. The molecule has 76 valence electrons. The predicted octanol–water partition coefficient (Wildman–Crippen LogP) is 0.135. The molecular weight excluding hydrogens is 168 g/mol. The molecule has 2 fully saturated rings. The molecule has 0 aromatic heterocycles. The zero-order chi connectivity index (χ0) is 9.80. The maximum Gasteiger partial charge on any atom is 0.0860 e. The lowest BCUT2D eigenvalue weighted by Gasteiger charge is -2.28. The molecule has 2 aliphatic carbocycles. The highest BCUT2D eigenvalue weighted by atomic mass is 16.3. The van der Waals surface area contributed by atoms with Crippen LogP contribution in [0.4, 0.5) is 0 Å². The van der Waals surface area contributed by atoms with Crippen LogP contribution in [0.15, 0.2) is 0 Å². The van der Waals surface area contributed by atoms with E-state index >= 15 is 0 Å². The van der Waals surface area contributed by atoms with E-state index in [2.05, 4.69) is 0 Å². The second-order valence-corrected chi connectivity index (χ2v) is 4.93. The molecule has 3 nitrogen and oxygen atoms in total.